The van der Waals surface area contributed by atoms with Crippen LogP contribution < -0.4 is 15.8 Å². The fourth-order valence-corrected chi connectivity index (χ4v) is 1.48. The van der Waals surface area contributed by atoms with Gasteiger partial charge in [0.05, 0.1) is 5.69 Å². The number of hydrogen-bond acceptors (Lipinski definition) is 3. The summed E-state index contributed by atoms with van der Waals surface area (Å²) in [5, 5.41) is 2.81. The molecule has 1 aliphatic rings. The van der Waals surface area contributed by atoms with E-state index in [1.807, 2.05) is 18.2 Å². The third-order valence-corrected chi connectivity index (χ3v) is 2.44. The molecular formula is C11H15ClN2O2. The maximum atomic E-state index is 11.6. The second-order valence-corrected chi connectivity index (χ2v) is 4.10. The van der Waals surface area contributed by atoms with Crippen LogP contribution in [0.2, 0.25) is 0 Å². The summed E-state index contributed by atoms with van der Waals surface area (Å²) in [7, 11) is 0. The van der Waals surface area contributed by atoms with Crippen LogP contribution in [0.15, 0.2) is 18.2 Å². The summed E-state index contributed by atoms with van der Waals surface area (Å²) in [6.07, 6.45) is 0. The van der Waals surface area contributed by atoms with Crippen LogP contribution in [0, 0.1) is 0 Å². The first kappa shape index (κ1) is 12.8. The average molecular weight is 243 g/mol. The first-order chi connectivity index (χ1) is 7.03. The van der Waals surface area contributed by atoms with Crippen LogP contribution in [0.4, 0.5) is 5.69 Å². The maximum Gasteiger partial charge on any atom is 0.268 e. The van der Waals surface area contributed by atoms with Crippen LogP contribution in [0.5, 0.6) is 5.75 Å². The molecule has 5 heteroatoms. The summed E-state index contributed by atoms with van der Waals surface area (Å²) in [5.41, 5.74) is 6.38. The zero-order valence-corrected chi connectivity index (χ0v) is 10.1. The van der Waals surface area contributed by atoms with Gasteiger partial charge in [-0.15, -0.1) is 12.4 Å². The predicted molar refractivity (Wildman–Crippen MR) is 64.9 cm³/mol. The Bertz CT molecular complexity index is 418. The van der Waals surface area contributed by atoms with Crippen molar-refractivity contribution in [1.82, 2.24) is 0 Å². The van der Waals surface area contributed by atoms with E-state index in [0.717, 1.165) is 5.56 Å². The summed E-state index contributed by atoms with van der Waals surface area (Å²) in [4.78, 5) is 11.6. The Kier molecular flexibility index (Phi) is 3.45. The summed E-state index contributed by atoms with van der Waals surface area (Å²) in [5.74, 6) is 0.556. The predicted octanol–water partition coefficient (Wildman–Crippen LogP) is 1.68. The molecule has 0 spiro atoms. The Labute approximate surface area is 101 Å². The molecule has 0 aliphatic carbocycles. The number of fused-ring (bicyclic) bond motifs is 1. The summed E-state index contributed by atoms with van der Waals surface area (Å²) < 4.78 is 5.58. The van der Waals surface area contributed by atoms with Crippen LogP contribution in [0.25, 0.3) is 0 Å². The van der Waals surface area contributed by atoms with Gasteiger partial charge >= 0.3 is 0 Å². The highest BCUT2D eigenvalue weighted by molar-refractivity contribution is 6.00. The van der Waals surface area contributed by atoms with Gasteiger partial charge in [0.2, 0.25) is 0 Å². The van der Waals surface area contributed by atoms with Crippen LogP contribution in [0.1, 0.15) is 19.4 Å². The fraction of sp³-hybridized carbons (Fsp3) is 0.364. The van der Waals surface area contributed by atoms with Crippen molar-refractivity contribution in [3.05, 3.63) is 23.8 Å². The summed E-state index contributed by atoms with van der Waals surface area (Å²) in [6, 6.07) is 5.56. The molecule has 0 bridgehead atoms. The number of carbonyl (C=O) groups excluding carboxylic acids is 1. The van der Waals surface area contributed by atoms with Crippen molar-refractivity contribution in [2.75, 3.05) is 5.32 Å². The first-order valence-corrected chi connectivity index (χ1v) is 4.86. The molecule has 0 aromatic heterocycles. The molecule has 0 radical (unpaired) electrons. The van der Waals surface area contributed by atoms with E-state index in [1.54, 1.807) is 13.8 Å². The number of nitrogens with one attached hydrogen (secondary N) is 1. The lowest BCUT2D eigenvalue weighted by atomic mass is 10.1. The largest absolute Gasteiger partial charge is 0.476 e. The van der Waals surface area contributed by atoms with E-state index < -0.39 is 5.60 Å². The smallest absolute Gasteiger partial charge is 0.268 e. The lowest BCUT2D eigenvalue weighted by Crippen LogP contribution is -2.45. The van der Waals surface area contributed by atoms with E-state index in [2.05, 4.69) is 5.32 Å². The monoisotopic (exact) mass is 242 g/mol. The normalized spacial score (nSPS) is 16.6. The van der Waals surface area contributed by atoms with Gasteiger partial charge in [-0.1, -0.05) is 6.07 Å². The van der Waals surface area contributed by atoms with E-state index >= 15 is 0 Å². The molecule has 3 N–H and O–H groups in total. The number of amides is 1. The number of ether oxygens (including phenoxy) is 1. The molecule has 4 nitrogen and oxygen atoms in total. The van der Waals surface area contributed by atoms with E-state index in [0.29, 0.717) is 18.0 Å². The highest BCUT2D eigenvalue weighted by atomic mass is 35.5. The van der Waals surface area contributed by atoms with Crippen LogP contribution >= 0.6 is 12.4 Å². The number of benzene rings is 1. The van der Waals surface area contributed by atoms with Crippen molar-refractivity contribution in [2.24, 2.45) is 5.73 Å². The molecule has 0 saturated heterocycles. The van der Waals surface area contributed by atoms with Gasteiger partial charge in [0.25, 0.3) is 5.91 Å². The van der Waals surface area contributed by atoms with Crippen LogP contribution in [0.3, 0.4) is 0 Å². The molecule has 16 heavy (non-hydrogen) atoms. The third kappa shape index (κ3) is 2.13. The zero-order valence-electron chi connectivity index (χ0n) is 9.24. The van der Waals surface area contributed by atoms with Gasteiger partial charge in [0.1, 0.15) is 5.75 Å². The van der Waals surface area contributed by atoms with Gasteiger partial charge < -0.3 is 15.8 Å². The standard InChI is InChI=1S/C11H14N2O2.ClH/c1-11(2)10(14)13-8-5-7(6-12)3-4-9(8)15-11;/h3-5H,6,12H2,1-2H3,(H,13,14);1H. The quantitative estimate of drug-likeness (QED) is 0.788. The molecule has 1 amide bonds. The first-order valence-electron chi connectivity index (χ1n) is 4.86. The van der Waals surface area contributed by atoms with E-state index in [-0.39, 0.29) is 18.3 Å². The molecule has 1 heterocycles. The van der Waals surface area contributed by atoms with Crippen LogP contribution in [-0.2, 0) is 11.3 Å². The van der Waals surface area contributed by atoms with Gasteiger partial charge in [-0.3, -0.25) is 4.79 Å². The molecule has 88 valence electrons. The molecule has 2 rings (SSSR count). The van der Waals surface area contributed by atoms with Crippen molar-refractivity contribution in [3.63, 3.8) is 0 Å². The highest BCUT2D eigenvalue weighted by Gasteiger charge is 2.35. The summed E-state index contributed by atoms with van der Waals surface area (Å²) in [6.45, 7) is 3.93. The van der Waals surface area contributed by atoms with Gasteiger partial charge in [0, 0.05) is 6.54 Å². The SMILES string of the molecule is CC1(C)Oc2ccc(CN)cc2NC1=O.Cl. The number of anilines is 1. The van der Waals surface area contributed by atoms with Crippen molar-refractivity contribution in [2.45, 2.75) is 26.0 Å². The molecule has 1 aromatic carbocycles. The molecule has 0 unspecified atom stereocenters. The van der Waals surface area contributed by atoms with Crippen molar-refractivity contribution < 1.29 is 9.53 Å². The number of nitrogens with two attached hydrogens (primary N) is 1. The van der Waals surface area contributed by atoms with Crippen molar-refractivity contribution >= 4 is 24.0 Å². The number of carbonyl (C=O) groups is 1. The minimum atomic E-state index is -0.808. The maximum absolute atomic E-state index is 11.6. The molecule has 1 aliphatic heterocycles. The van der Waals surface area contributed by atoms with E-state index in [9.17, 15) is 4.79 Å². The van der Waals surface area contributed by atoms with Gasteiger partial charge in [-0.05, 0) is 31.5 Å². The van der Waals surface area contributed by atoms with Gasteiger partial charge in [-0.25, -0.2) is 0 Å². The van der Waals surface area contributed by atoms with E-state index in [1.165, 1.54) is 0 Å². The zero-order chi connectivity index (χ0) is 11.1. The van der Waals surface area contributed by atoms with Crippen LogP contribution in [-0.4, -0.2) is 11.5 Å². The second-order valence-electron chi connectivity index (χ2n) is 4.10. The lowest BCUT2D eigenvalue weighted by Gasteiger charge is -2.31. The fourth-order valence-electron chi connectivity index (χ4n) is 1.48. The van der Waals surface area contributed by atoms with Gasteiger partial charge in [-0.2, -0.15) is 0 Å². The minimum absolute atomic E-state index is 0. The minimum Gasteiger partial charge on any atom is -0.476 e. The Balaban J connectivity index is 0.00000128. The molecule has 0 fully saturated rings. The topological polar surface area (TPSA) is 64.3 Å². The molecule has 0 saturated carbocycles. The molecule has 0 atom stereocenters. The van der Waals surface area contributed by atoms with E-state index in [4.69, 9.17) is 10.5 Å². The van der Waals surface area contributed by atoms with Crippen molar-refractivity contribution in [3.8, 4) is 5.75 Å². The van der Waals surface area contributed by atoms with Crippen molar-refractivity contribution in [1.29, 1.82) is 0 Å². The second kappa shape index (κ2) is 4.31. The van der Waals surface area contributed by atoms with Gasteiger partial charge in [0.15, 0.2) is 5.60 Å². The molecular weight excluding hydrogens is 228 g/mol. The number of halogens is 1. The molecule has 1 aromatic rings. The average Bonchev–Trinajstić information content (AvgIpc) is 2.19. The third-order valence-electron chi connectivity index (χ3n) is 2.44. The summed E-state index contributed by atoms with van der Waals surface area (Å²) >= 11 is 0. The Morgan fingerprint density at radius 3 is 2.75 bits per heavy atom. The number of hydrogen-bond donors (Lipinski definition) is 2. The highest BCUT2D eigenvalue weighted by Crippen LogP contribution is 2.33. The number of rotatable bonds is 1. The Morgan fingerprint density at radius 2 is 2.12 bits per heavy atom. The Hall–Kier alpha value is -1.26. The Morgan fingerprint density at radius 1 is 1.44 bits per heavy atom. The lowest BCUT2D eigenvalue weighted by molar-refractivity contribution is -0.129.